The van der Waals surface area contributed by atoms with Gasteiger partial charge in [-0.1, -0.05) is 43.3 Å². The summed E-state index contributed by atoms with van der Waals surface area (Å²) in [7, 11) is 0. The third kappa shape index (κ3) is 7.88. The fourth-order valence-corrected chi connectivity index (χ4v) is 5.34. The lowest BCUT2D eigenvalue weighted by atomic mass is 9.71. The molecule has 11 heteroatoms. The van der Waals surface area contributed by atoms with Crippen LogP contribution in [-0.4, -0.2) is 35.3 Å². The van der Waals surface area contributed by atoms with Crippen LogP contribution in [0.2, 0.25) is 0 Å². The minimum absolute atomic E-state index is 0.189. The molecule has 0 unspecified atom stereocenters. The van der Waals surface area contributed by atoms with Gasteiger partial charge in [-0.15, -0.1) is 0 Å². The van der Waals surface area contributed by atoms with E-state index in [4.69, 9.17) is 4.74 Å². The van der Waals surface area contributed by atoms with Gasteiger partial charge in [0.15, 0.2) is 0 Å². The molecule has 1 amide bonds. The van der Waals surface area contributed by atoms with Crippen LogP contribution in [0.4, 0.5) is 36.8 Å². The minimum Gasteiger partial charge on any atom is -0.446 e. The fraction of sp³-hybridized carbons (Fsp3) is 0.406. The molecule has 232 valence electrons. The molecular formula is C32H34F6N2O3. The van der Waals surface area contributed by atoms with Crippen LogP contribution in [0.1, 0.15) is 60.9 Å². The Morgan fingerprint density at radius 3 is 1.70 bits per heavy atom. The molecule has 1 saturated heterocycles. The standard InChI is InChI=1S/C32H34F6N2O3/c1-3-21(2)43-29(41)39-28-14-4-22(5-15-28)20-40-18-16-25(17-19-40)30(42,23-6-10-26(11-7-23)31(33,34)35)24-8-12-27(13-9-24)32(36,37)38/h4-15,21,25,42H,3,16-20H2,1-2H3,(H,39,41)/t21-/m0/s1. The summed E-state index contributed by atoms with van der Waals surface area (Å²) in [5.41, 5.74) is -1.60. The molecule has 3 aromatic carbocycles. The maximum atomic E-state index is 13.2. The predicted molar refractivity (Wildman–Crippen MR) is 150 cm³/mol. The first-order chi connectivity index (χ1) is 20.2. The molecular weight excluding hydrogens is 574 g/mol. The largest absolute Gasteiger partial charge is 0.446 e. The van der Waals surface area contributed by atoms with Crippen LogP contribution >= 0.6 is 0 Å². The molecule has 0 spiro atoms. The molecule has 4 rings (SSSR count). The second-order valence-corrected chi connectivity index (χ2v) is 10.9. The summed E-state index contributed by atoms with van der Waals surface area (Å²) in [5, 5.41) is 14.8. The molecule has 0 radical (unpaired) electrons. The quantitative estimate of drug-likeness (QED) is 0.253. The van der Waals surface area contributed by atoms with E-state index in [1.807, 2.05) is 19.1 Å². The van der Waals surface area contributed by atoms with Gasteiger partial charge in [0, 0.05) is 12.2 Å². The molecule has 0 bridgehead atoms. The van der Waals surface area contributed by atoms with Crippen molar-refractivity contribution in [3.8, 4) is 0 Å². The van der Waals surface area contributed by atoms with Gasteiger partial charge in [-0.05, 0) is 98.3 Å². The number of likely N-dealkylation sites (tertiary alicyclic amines) is 1. The minimum atomic E-state index is -4.57. The van der Waals surface area contributed by atoms with Gasteiger partial charge in [0.25, 0.3) is 0 Å². The van der Waals surface area contributed by atoms with Crippen molar-refractivity contribution in [2.75, 3.05) is 18.4 Å². The molecule has 1 fully saturated rings. The number of ether oxygens (including phenoxy) is 1. The third-order valence-electron chi connectivity index (χ3n) is 7.97. The van der Waals surface area contributed by atoms with Crippen molar-refractivity contribution in [1.82, 2.24) is 4.90 Å². The Morgan fingerprint density at radius 2 is 1.28 bits per heavy atom. The number of aliphatic hydroxyl groups is 1. The number of hydrogen-bond donors (Lipinski definition) is 2. The van der Waals surface area contributed by atoms with Gasteiger partial charge in [-0.3, -0.25) is 10.2 Å². The normalized spacial score (nSPS) is 16.1. The van der Waals surface area contributed by atoms with Gasteiger partial charge >= 0.3 is 18.4 Å². The number of nitrogens with one attached hydrogen (secondary N) is 1. The first-order valence-corrected chi connectivity index (χ1v) is 14.1. The first-order valence-electron chi connectivity index (χ1n) is 14.1. The smallest absolute Gasteiger partial charge is 0.416 e. The molecule has 3 aromatic rings. The van der Waals surface area contributed by atoms with Crippen LogP contribution in [-0.2, 0) is 29.2 Å². The van der Waals surface area contributed by atoms with Gasteiger partial charge in [0.2, 0.25) is 0 Å². The highest BCUT2D eigenvalue weighted by atomic mass is 19.4. The Balaban J connectivity index is 1.48. The van der Waals surface area contributed by atoms with Gasteiger partial charge in [0.1, 0.15) is 11.7 Å². The van der Waals surface area contributed by atoms with Crippen molar-refractivity contribution < 1.29 is 41.0 Å². The Morgan fingerprint density at radius 1 is 0.837 bits per heavy atom. The molecule has 5 nitrogen and oxygen atoms in total. The van der Waals surface area contributed by atoms with Gasteiger partial charge in [0.05, 0.1) is 11.1 Å². The van der Waals surface area contributed by atoms with E-state index < -0.39 is 41.1 Å². The van der Waals surface area contributed by atoms with E-state index in [0.29, 0.717) is 44.6 Å². The number of amides is 1. The summed E-state index contributed by atoms with van der Waals surface area (Å²) in [6, 6.07) is 15.6. The molecule has 43 heavy (non-hydrogen) atoms. The summed E-state index contributed by atoms with van der Waals surface area (Å²) in [6.45, 7) is 5.41. The zero-order valence-electron chi connectivity index (χ0n) is 23.8. The highest BCUT2D eigenvalue weighted by Crippen LogP contribution is 2.44. The molecule has 1 heterocycles. The number of benzene rings is 3. The topological polar surface area (TPSA) is 61.8 Å². The average Bonchev–Trinajstić information content (AvgIpc) is 2.97. The van der Waals surface area contributed by atoms with Crippen LogP contribution in [0.15, 0.2) is 72.8 Å². The Hall–Kier alpha value is -3.57. The highest BCUT2D eigenvalue weighted by molar-refractivity contribution is 5.84. The molecule has 0 aromatic heterocycles. The average molecular weight is 609 g/mol. The molecule has 0 aliphatic carbocycles. The van der Waals surface area contributed by atoms with E-state index in [0.717, 1.165) is 29.8 Å². The van der Waals surface area contributed by atoms with E-state index in [1.165, 1.54) is 24.3 Å². The first kappa shape index (κ1) is 32.3. The van der Waals surface area contributed by atoms with Crippen molar-refractivity contribution in [1.29, 1.82) is 0 Å². The van der Waals surface area contributed by atoms with Crippen LogP contribution in [0.3, 0.4) is 0 Å². The number of alkyl halides is 6. The summed E-state index contributed by atoms with van der Waals surface area (Å²) in [6.07, 6.45) is -8.24. The number of carbonyl (C=O) groups is 1. The lowest BCUT2D eigenvalue weighted by Crippen LogP contribution is -2.44. The SMILES string of the molecule is CC[C@H](C)OC(=O)Nc1ccc(CN2CCC(C(O)(c3ccc(C(F)(F)F)cc3)c3ccc(C(F)(F)F)cc3)CC2)cc1. The van der Waals surface area contributed by atoms with Crippen molar-refractivity contribution >= 4 is 11.8 Å². The maximum Gasteiger partial charge on any atom is 0.416 e. The second-order valence-electron chi connectivity index (χ2n) is 10.9. The molecule has 1 atom stereocenters. The summed E-state index contributed by atoms with van der Waals surface area (Å²) in [4.78, 5) is 14.1. The Bertz CT molecular complexity index is 1290. The third-order valence-corrected chi connectivity index (χ3v) is 7.97. The summed E-state index contributed by atoms with van der Waals surface area (Å²) >= 11 is 0. The number of hydrogen-bond acceptors (Lipinski definition) is 4. The Kier molecular flexibility index (Phi) is 9.76. The Labute approximate surface area is 246 Å². The monoisotopic (exact) mass is 608 g/mol. The number of rotatable bonds is 8. The molecule has 1 aliphatic rings. The number of piperidine rings is 1. The van der Waals surface area contributed by atoms with Gasteiger partial charge < -0.3 is 9.84 Å². The van der Waals surface area contributed by atoms with Crippen molar-refractivity contribution in [3.05, 3.63) is 101 Å². The molecule has 0 saturated carbocycles. The van der Waals surface area contributed by atoms with Crippen LogP contribution in [0, 0.1) is 5.92 Å². The van der Waals surface area contributed by atoms with E-state index in [-0.39, 0.29) is 17.2 Å². The number of carbonyl (C=O) groups excluding carboxylic acids is 1. The lowest BCUT2D eigenvalue weighted by molar-refractivity contribution is -0.138. The van der Waals surface area contributed by atoms with Gasteiger partial charge in [-0.25, -0.2) is 4.79 Å². The number of halogens is 6. The van der Waals surface area contributed by atoms with Crippen molar-refractivity contribution in [2.45, 2.75) is 63.7 Å². The van der Waals surface area contributed by atoms with Gasteiger partial charge in [-0.2, -0.15) is 26.3 Å². The molecule has 1 aliphatic heterocycles. The van der Waals surface area contributed by atoms with Crippen molar-refractivity contribution in [2.24, 2.45) is 5.92 Å². The molecule has 2 N–H and O–H groups in total. The van der Waals surface area contributed by atoms with E-state index >= 15 is 0 Å². The highest BCUT2D eigenvalue weighted by Gasteiger charge is 2.43. The second kappa shape index (κ2) is 13.0. The maximum absolute atomic E-state index is 13.2. The van der Waals surface area contributed by atoms with Crippen LogP contribution in [0.25, 0.3) is 0 Å². The zero-order valence-corrected chi connectivity index (χ0v) is 23.8. The van der Waals surface area contributed by atoms with E-state index in [2.05, 4.69) is 10.2 Å². The van der Waals surface area contributed by atoms with E-state index in [9.17, 15) is 36.2 Å². The number of nitrogens with zero attached hydrogens (tertiary/aromatic N) is 1. The summed E-state index contributed by atoms with van der Waals surface area (Å²) in [5.74, 6) is -0.458. The lowest BCUT2D eigenvalue weighted by Gasteiger charge is -2.42. The predicted octanol–water partition coefficient (Wildman–Crippen LogP) is 8.22. The zero-order chi connectivity index (χ0) is 31.4. The fourth-order valence-electron chi connectivity index (χ4n) is 5.34. The van der Waals surface area contributed by atoms with Crippen molar-refractivity contribution in [3.63, 3.8) is 0 Å². The number of anilines is 1. The van der Waals surface area contributed by atoms with E-state index in [1.54, 1.807) is 19.1 Å². The van der Waals surface area contributed by atoms with Crippen LogP contribution < -0.4 is 5.32 Å². The van der Waals surface area contributed by atoms with Crippen LogP contribution in [0.5, 0.6) is 0 Å². The summed E-state index contributed by atoms with van der Waals surface area (Å²) < 4.78 is 84.5.